The summed E-state index contributed by atoms with van der Waals surface area (Å²) in [5.41, 5.74) is 2.57. The van der Waals surface area contributed by atoms with Crippen molar-refractivity contribution in [3.8, 4) is 0 Å². The van der Waals surface area contributed by atoms with E-state index >= 15 is 0 Å². The molecule has 4 rings (SSSR count). The Hall–Kier alpha value is -2.13. The highest BCUT2D eigenvalue weighted by molar-refractivity contribution is 7.80. The Balaban J connectivity index is 1.44. The number of esters is 1. The van der Waals surface area contributed by atoms with Crippen molar-refractivity contribution in [2.24, 2.45) is 0 Å². The molecule has 3 aromatic rings. The minimum absolute atomic E-state index is 0.344. The molecule has 0 atom stereocenters. The number of hydrogen-bond donors (Lipinski definition) is 2. The van der Waals surface area contributed by atoms with Gasteiger partial charge >= 0.3 is 5.97 Å². The van der Waals surface area contributed by atoms with E-state index in [1.54, 1.807) is 28.2 Å². The zero-order valence-corrected chi connectivity index (χ0v) is 19.1. The molecule has 0 saturated heterocycles. The lowest BCUT2D eigenvalue weighted by molar-refractivity contribution is 0.0601. The van der Waals surface area contributed by atoms with Crippen LogP contribution in [0, 0.1) is 0 Å². The maximum atomic E-state index is 12.3. The van der Waals surface area contributed by atoms with Crippen LogP contribution in [0.3, 0.4) is 0 Å². The third kappa shape index (κ3) is 4.46. The Morgan fingerprint density at radius 3 is 2.90 bits per heavy atom. The van der Waals surface area contributed by atoms with E-state index in [1.807, 2.05) is 18.3 Å². The normalized spacial score (nSPS) is 12.5. The van der Waals surface area contributed by atoms with Gasteiger partial charge in [0.1, 0.15) is 5.00 Å². The van der Waals surface area contributed by atoms with Crippen molar-refractivity contribution in [3.05, 3.63) is 62.1 Å². The summed E-state index contributed by atoms with van der Waals surface area (Å²) in [6, 6.07) is 7.18. The van der Waals surface area contributed by atoms with Crippen LogP contribution in [0.25, 0.3) is 0 Å². The van der Waals surface area contributed by atoms with Crippen molar-refractivity contribution in [2.45, 2.75) is 25.8 Å². The topological polar surface area (TPSA) is 68.2 Å². The van der Waals surface area contributed by atoms with Crippen molar-refractivity contribution in [3.63, 3.8) is 0 Å². The Kier molecular flexibility index (Phi) is 6.29. The minimum Gasteiger partial charge on any atom is -0.465 e. The number of hydrogen-bond acceptors (Lipinski definition) is 5. The lowest BCUT2D eigenvalue weighted by Gasteiger charge is -2.10. The molecule has 1 aromatic carbocycles. The lowest BCUT2D eigenvalue weighted by atomic mass is 10.1. The highest BCUT2D eigenvalue weighted by Gasteiger charge is 2.27. The van der Waals surface area contributed by atoms with Gasteiger partial charge in [0.25, 0.3) is 0 Å². The minimum atomic E-state index is -0.344. The number of halogens is 2. The summed E-state index contributed by atoms with van der Waals surface area (Å²) in [5, 5.41) is 12.9. The van der Waals surface area contributed by atoms with Crippen LogP contribution < -0.4 is 10.6 Å². The van der Waals surface area contributed by atoms with Crippen LogP contribution in [-0.2, 0) is 24.1 Å². The van der Waals surface area contributed by atoms with Gasteiger partial charge in [-0.3, -0.25) is 4.68 Å². The van der Waals surface area contributed by atoms with Crippen molar-refractivity contribution >= 4 is 68.7 Å². The summed E-state index contributed by atoms with van der Waals surface area (Å²) in [5.74, 6) is 0.241. The fourth-order valence-corrected chi connectivity index (χ4v) is 5.42. The quantitative estimate of drug-likeness (QED) is 0.377. The molecule has 156 valence electrons. The van der Waals surface area contributed by atoms with Crippen molar-refractivity contribution in [1.82, 2.24) is 9.78 Å². The predicted octanol–water partition coefficient (Wildman–Crippen LogP) is 5.38. The van der Waals surface area contributed by atoms with Gasteiger partial charge in [0.05, 0.1) is 19.2 Å². The third-order valence-corrected chi connectivity index (χ3v) is 6.77. The second kappa shape index (κ2) is 8.93. The number of carbonyl (C=O) groups is 1. The number of thiophene rings is 1. The number of anilines is 2. The van der Waals surface area contributed by atoms with Crippen molar-refractivity contribution < 1.29 is 9.53 Å². The molecular weight excluding hydrogens is 463 g/mol. The molecule has 0 amide bonds. The van der Waals surface area contributed by atoms with Crippen LogP contribution in [0.1, 0.15) is 32.8 Å². The number of rotatable bonds is 5. The van der Waals surface area contributed by atoms with E-state index in [0.29, 0.717) is 38.1 Å². The fraction of sp³-hybridized carbons (Fsp3) is 0.250. The van der Waals surface area contributed by atoms with E-state index in [9.17, 15) is 4.79 Å². The van der Waals surface area contributed by atoms with Crippen molar-refractivity contribution in [2.75, 3.05) is 17.7 Å². The first-order valence-electron chi connectivity index (χ1n) is 9.23. The summed E-state index contributed by atoms with van der Waals surface area (Å²) < 4.78 is 6.72. The molecule has 0 saturated carbocycles. The number of carbonyl (C=O) groups excluding carboxylic acids is 1. The summed E-state index contributed by atoms with van der Waals surface area (Å²) >= 11 is 19.2. The molecule has 0 bridgehead atoms. The van der Waals surface area contributed by atoms with Gasteiger partial charge in [-0.05, 0) is 54.7 Å². The van der Waals surface area contributed by atoms with Crippen molar-refractivity contribution in [1.29, 1.82) is 0 Å². The van der Waals surface area contributed by atoms with Gasteiger partial charge in [-0.15, -0.1) is 11.3 Å². The number of benzene rings is 1. The third-order valence-electron chi connectivity index (χ3n) is 4.77. The standard InChI is InChI=1S/C20H18Cl2N4O2S2/c1-28-19(27)17-13-3-2-4-15(13)30-18(17)24-20(29)23-16-7-8-26(25-16)10-11-5-6-12(21)9-14(11)22/h5-9H,2-4,10H2,1H3,(H2,23,24,25,29). The molecule has 2 heterocycles. The first-order valence-corrected chi connectivity index (χ1v) is 11.2. The van der Waals surface area contributed by atoms with Gasteiger partial charge in [-0.25, -0.2) is 4.79 Å². The number of nitrogens with zero attached hydrogens (tertiary/aromatic N) is 2. The average molecular weight is 481 g/mol. The Morgan fingerprint density at radius 2 is 2.13 bits per heavy atom. The van der Waals surface area contributed by atoms with E-state index in [0.717, 1.165) is 30.4 Å². The number of thiocarbonyl (C=S) groups is 1. The average Bonchev–Trinajstić information content (AvgIpc) is 3.40. The molecule has 2 N–H and O–H groups in total. The summed E-state index contributed by atoms with van der Waals surface area (Å²) in [4.78, 5) is 13.5. The number of nitrogens with one attached hydrogen (secondary N) is 2. The maximum absolute atomic E-state index is 12.3. The van der Waals surface area contributed by atoms with E-state index < -0.39 is 0 Å². The lowest BCUT2D eigenvalue weighted by Crippen LogP contribution is -2.20. The van der Waals surface area contributed by atoms with Crippen LogP contribution in [0.15, 0.2) is 30.5 Å². The SMILES string of the molecule is COC(=O)c1c(NC(=S)Nc2ccn(Cc3ccc(Cl)cc3Cl)n2)sc2c1CCC2. The van der Waals surface area contributed by atoms with Gasteiger partial charge in [0.2, 0.25) is 0 Å². The first kappa shape index (κ1) is 21.1. The second-order valence-corrected chi connectivity index (χ2v) is 9.12. The molecule has 1 aliphatic carbocycles. The summed E-state index contributed by atoms with van der Waals surface area (Å²) in [6.07, 6.45) is 4.75. The second-order valence-electron chi connectivity index (χ2n) is 6.77. The summed E-state index contributed by atoms with van der Waals surface area (Å²) in [6.45, 7) is 0.502. The Labute approximate surface area is 193 Å². The molecule has 0 aliphatic heterocycles. The molecule has 0 radical (unpaired) electrons. The molecule has 10 heteroatoms. The van der Waals surface area contributed by atoms with Gasteiger partial charge in [-0.2, -0.15) is 5.10 Å². The predicted molar refractivity (Wildman–Crippen MR) is 125 cm³/mol. The van der Waals surface area contributed by atoms with E-state index in [1.165, 1.54) is 12.0 Å². The number of methoxy groups -OCH3 is 1. The first-order chi connectivity index (χ1) is 14.4. The van der Waals surface area contributed by atoms with Crippen LogP contribution in [-0.4, -0.2) is 28.0 Å². The van der Waals surface area contributed by atoms with Gasteiger partial charge in [0.15, 0.2) is 10.9 Å². The zero-order chi connectivity index (χ0) is 21.3. The number of fused-ring (bicyclic) bond motifs is 1. The largest absolute Gasteiger partial charge is 0.465 e. The molecule has 1 aliphatic rings. The van der Waals surface area contributed by atoms with Gasteiger partial charge < -0.3 is 15.4 Å². The van der Waals surface area contributed by atoms with Crippen LogP contribution in [0.5, 0.6) is 0 Å². The highest BCUT2D eigenvalue weighted by Crippen LogP contribution is 2.39. The maximum Gasteiger partial charge on any atom is 0.341 e. The van der Waals surface area contributed by atoms with E-state index in [4.69, 9.17) is 40.2 Å². The number of aryl methyl sites for hydroxylation is 1. The van der Waals surface area contributed by atoms with Crippen LogP contribution in [0.2, 0.25) is 10.0 Å². The smallest absolute Gasteiger partial charge is 0.341 e. The van der Waals surface area contributed by atoms with Crippen LogP contribution >= 0.6 is 46.8 Å². The zero-order valence-electron chi connectivity index (χ0n) is 16.0. The highest BCUT2D eigenvalue weighted by atomic mass is 35.5. The molecule has 6 nitrogen and oxygen atoms in total. The number of ether oxygens (including phenoxy) is 1. The molecule has 0 unspecified atom stereocenters. The Bertz CT molecular complexity index is 1130. The van der Waals surface area contributed by atoms with Gasteiger partial charge in [-0.1, -0.05) is 29.3 Å². The molecule has 2 aromatic heterocycles. The summed E-state index contributed by atoms with van der Waals surface area (Å²) in [7, 11) is 1.39. The van der Waals surface area contributed by atoms with Gasteiger partial charge in [0, 0.05) is 27.2 Å². The molecule has 30 heavy (non-hydrogen) atoms. The molecular formula is C20H18Cl2N4O2S2. The van der Waals surface area contributed by atoms with E-state index in [-0.39, 0.29) is 5.97 Å². The number of aromatic nitrogens is 2. The molecule has 0 spiro atoms. The Morgan fingerprint density at radius 1 is 1.30 bits per heavy atom. The van der Waals surface area contributed by atoms with Crippen LogP contribution in [0.4, 0.5) is 10.8 Å². The fourth-order valence-electron chi connectivity index (χ4n) is 3.40. The monoisotopic (exact) mass is 480 g/mol. The van der Waals surface area contributed by atoms with E-state index in [2.05, 4.69) is 15.7 Å². The molecule has 0 fully saturated rings.